The van der Waals surface area contributed by atoms with Crippen LogP contribution in [0.4, 0.5) is 0 Å². The van der Waals surface area contributed by atoms with Gasteiger partial charge in [0.15, 0.2) is 0 Å². The van der Waals surface area contributed by atoms with E-state index in [1.54, 1.807) is 0 Å². The van der Waals surface area contributed by atoms with E-state index in [1.807, 2.05) is 12.1 Å². The minimum Gasteiger partial charge on any atom is -0.489 e. The van der Waals surface area contributed by atoms with Gasteiger partial charge < -0.3 is 10.5 Å². The van der Waals surface area contributed by atoms with Crippen LogP contribution in [0.5, 0.6) is 5.75 Å². The van der Waals surface area contributed by atoms with Gasteiger partial charge in [-0.15, -0.1) is 0 Å². The van der Waals surface area contributed by atoms with E-state index in [1.165, 1.54) is 16.7 Å². The lowest BCUT2D eigenvalue weighted by molar-refractivity contribution is 0.305. The molecule has 2 N–H and O–H groups in total. The molecule has 0 atom stereocenters. The molecule has 0 saturated carbocycles. The number of aryl methyl sites for hydroxylation is 2. The number of hydrogen-bond acceptors (Lipinski definition) is 2. The van der Waals surface area contributed by atoms with Crippen LogP contribution in [0, 0.1) is 6.92 Å². The Morgan fingerprint density at radius 2 is 1.68 bits per heavy atom. The lowest BCUT2D eigenvalue weighted by Crippen LogP contribution is -2.01. The fourth-order valence-corrected chi connectivity index (χ4v) is 2.03. The zero-order valence-corrected chi connectivity index (χ0v) is 11.6. The summed E-state index contributed by atoms with van der Waals surface area (Å²) in [4.78, 5) is 0. The van der Waals surface area contributed by atoms with Crippen LogP contribution in [0.25, 0.3) is 0 Å². The van der Waals surface area contributed by atoms with Gasteiger partial charge in [0.25, 0.3) is 0 Å². The zero-order valence-electron chi connectivity index (χ0n) is 11.6. The molecule has 0 spiro atoms. The third-order valence-corrected chi connectivity index (χ3v) is 3.37. The van der Waals surface area contributed by atoms with Gasteiger partial charge in [0, 0.05) is 6.54 Å². The van der Waals surface area contributed by atoms with Gasteiger partial charge in [0.1, 0.15) is 12.4 Å². The summed E-state index contributed by atoms with van der Waals surface area (Å²) >= 11 is 0. The van der Waals surface area contributed by atoms with Crippen molar-refractivity contribution in [3.8, 4) is 5.75 Å². The van der Waals surface area contributed by atoms with Crippen molar-refractivity contribution in [1.29, 1.82) is 0 Å². The first kappa shape index (κ1) is 13.6. The van der Waals surface area contributed by atoms with Crippen molar-refractivity contribution < 1.29 is 4.74 Å². The van der Waals surface area contributed by atoms with Gasteiger partial charge in [-0.2, -0.15) is 0 Å². The Hall–Kier alpha value is -1.80. The highest BCUT2D eigenvalue weighted by Crippen LogP contribution is 2.17. The fraction of sp³-hybridized carbons (Fsp3) is 0.294. The highest BCUT2D eigenvalue weighted by molar-refractivity contribution is 5.32. The first-order valence-corrected chi connectivity index (χ1v) is 6.73. The van der Waals surface area contributed by atoms with Crippen LogP contribution in [0.2, 0.25) is 0 Å². The summed E-state index contributed by atoms with van der Waals surface area (Å²) in [5, 5.41) is 0. The minimum absolute atomic E-state index is 0.584. The Kier molecular flexibility index (Phi) is 4.58. The number of hydrogen-bond donors (Lipinski definition) is 1. The van der Waals surface area contributed by atoms with Crippen LogP contribution >= 0.6 is 0 Å². The molecule has 0 fully saturated rings. The van der Waals surface area contributed by atoms with Crippen LogP contribution in [0.15, 0.2) is 42.5 Å². The molecule has 2 nitrogen and oxygen atoms in total. The topological polar surface area (TPSA) is 35.2 Å². The molecule has 2 heteroatoms. The van der Waals surface area contributed by atoms with Gasteiger partial charge in [-0.25, -0.2) is 0 Å². The molecule has 0 aliphatic rings. The van der Waals surface area contributed by atoms with Crippen molar-refractivity contribution >= 4 is 0 Å². The Morgan fingerprint density at radius 1 is 1.00 bits per heavy atom. The number of rotatable bonds is 5. The van der Waals surface area contributed by atoms with Gasteiger partial charge in [0.05, 0.1) is 0 Å². The summed E-state index contributed by atoms with van der Waals surface area (Å²) in [5.41, 5.74) is 10.6. The Balaban J connectivity index is 2.01. The second-order valence-electron chi connectivity index (χ2n) is 4.75. The van der Waals surface area contributed by atoms with Crippen LogP contribution < -0.4 is 10.5 Å². The summed E-state index contributed by atoms with van der Waals surface area (Å²) in [5.74, 6) is 0.916. The van der Waals surface area contributed by atoms with Gasteiger partial charge in [0.2, 0.25) is 0 Å². The Morgan fingerprint density at radius 3 is 2.26 bits per heavy atom. The monoisotopic (exact) mass is 255 g/mol. The highest BCUT2D eigenvalue weighted by atomic mass is 16.5. The predicted molar refractivity (Wildman–Crippen MR) is 79.2 cm³/mol. The smallest absolute Gasteiger partial charge is 0.119 e. The number of benzene rings is 2. The Labute approximate surface area is 115 Å². The molecule has 0 bridgehead atoms. The van der Waals surface area contributed by atoms with E-state index in [4.69, 9.17) is 10.5 Å². The third kappa shape index (κ3) is 3.58. The van der Waals surface area contributed by atoms with E-state index >= 15 is 0 Å². The van der Waals surface area contributed by atoms with E-state index in [0.29, 0.717) is 13.2 Å². The second kappa shape index (κ2) is 6.39. The second-order valence-corrected chi connectivity index (χ2v) is 4.75. The summed E-state index contributed by atoms with van der Waals surface area (Å²) in [6.07, 6.45) is 1.06. The SMILES string of the molecule is CCc1ccc(OCc2ccc(CN)cc2C)cc1. The fourth-order valence-electron chi connectivity index (χ4n) is 2.03. The molecule has 0 amide bonds. The quantitative estimate of drug-likeness (QED) is 0.886. The zero-order chi connectivity index (χ0) is 13.7. The summed E-state index contributed by atoms with van der Waals surface area (Å²) in [6.45, 7) is 5.43. The highest BCUT2D eigenvalue weighted by Gasteiger charge is 2.01. The summed E-state index contributed by atoms with van der Waals surface area (Å²) in [6, 6.07) is 14.6. The molecule has 2 aromatic carbocycles. The Bertz CT molecular complexity index is 531. The van der Waals surface area contributed by atoms with Crippen molar-refractivity contribution in [1.82, 2.24) is 0 Å². The van der Waals surface area contributed by atoms with Crippen LogP contribution in [0.1, 0.15) is 29.2 Å². The van der Waals surface area contributed by atoms with Crippen molar-refractivity contribution in [3.63, 3.8) is 0 Å². The van der Waals surface area contributed by atoms with Crippen molar-refractivity contribution in [2.75, 3.05) is 0 Å². The summed E-state index contributed by atoms with van der Waals surface area (Å²) < 4.78 is 5.81. The van der Waals surface area contributed by atoms with E-state index in [0.717, 1.165) is 17.7 Å². The van der Waals surface area contributed by atoms with E-state index in [9.17, 15) is 0 Å². The van der Waals surface area contributed by atoms with Crippen molar-refractivity contribution in [3.05, 3.63) is 64.7 Å². The molecule has 19 heavy (non-hydrogen) atoms. The molecule has 2 rings (SSSR count). The maximum Gasteiger partial charge on any atom is 0.119 e. The third-order valence-electron chi connectivity index (χ3n) is 3.37. The van der Waals surface area contributed by atoms with Crippen LogP contribution in [-0.2, 0) is 19.6 Å². The standard InChI is InChI=1S/C17H21NO/c1-3-14-5-8-17(9-6-14)19-12-16-7-4-15(11-18)10-13(16)2/h4-10H,3,11-12,18H2,1-2H3. The van der Waals surface area contributed by atoms with E-state index in [2.05, 4.69) is 44.2 Å². The maximum atomic E-state index is 5.81. The molecule has 0 saturated heterocycles. The molecule has 100 valence electrons. The van der Waals surface area contributed by atoms with Gasteiger partial charge in [-0.1, -0.05) is 37.3 Å². The van der Waals surface area contributed by atoms with Crippen molar-refractivity contribution in [2.24, 2.45) is 5.73 Å². The molecular formula is C17H21NO. The number of ether oxygens (including phenoxy) is 1. The normalized spacial score (nSPS) is 10.5. The van der Waals surface area contributed by atoms with E-state index < -0.39 is 0 Å². The molecule has 0 unspecified atom stereocenters. The molecule has 0 aromatic heterocycles. The molecule has 0 radical (unpaired) electrons. The lowest BCUT2D eigenvalue weighted by Gasteiger charge is -2.10. The maximum absolute atomic E-state index is 5.81. The molecular weight excluding hydrogens is 234 g/mol. The molecule has 0 aliphatic heterocycles. The molecule has 0 aliphatic carbocycles. The van der Waals surface area contributed by atoms with Gasteiger partial charge >= 0.3 is 0 Å². The molecule has 0 heterocycles. The average molecular weight is 255 g/mol. The lowest BCUT2D eigenvalue weighted by atomic mass is 10.1. The number of nitrogens with two attached hydrogens (primary N) is 1. The summed E-state index contributed by atoms with van der Waals surface area (Å²) in [7, 11) is 0. The van der Waals surface area contributed by atoms with Crippen LogP contribution in [-0.4, -0.2) is 0 Å². The largest absolute Gasteiger partial charge is 0.489 e. The van der Waals surface area contributed by atoms with Gasteiger partial charge in [-0.3, -0.25) is 0 Å². The first-order valence-electron chi connectivity index (χ1n) is 6.73. The van der Waals surface area contributed by atoms with E-state index in [-0.39, 0.29) is 0 Å². The molecule has 2 aromatic rings. The predicted octanol–water partition coefficient (Wildman–Crippen LogP) is 3.60. The van der Waals surface area contributed by atoms with Crippen molar-refractivity contribution in [2.45, 2.75) is 33.4 Å². The average Bonchev–Trinajstić information content (AvgIpc) is 2.46. The minimum atomic E-state index is 0.584. The van der Waals surface area contributed by atoms with Crippen LogP contribution in [0.3, 0.4) is 0 Å². The van der Waals surface area contributed by atoms with Gasteiger partial charge in [-0.05, 0) is 47.7 Å². The first-order chi connectivity index (χ1) is 9.22.